The number of hydrogen-bond acceptors (Lipinski definition) is 4. The average molecular weight is 241 g/mol. The van der Waals surface area contributed by atoms with Crippen molar-refractivity contribution >= 4 is 5.91 Å². The van der Waals surface area contributed by atoms with Crippen molar-refractivity contribution in [3.63, 3.8) is 0 Å². The number of rotatable bonds is 4. The van der Waals surface area contributed by atoms with Crippen LogP contribution in [0, 0.1) is 0 Å². The quantitative estimate of drug-likeness (QED) is 0.723. The zero-order valence-corrected chi connectivity index (χ0v) is 10.7. The second kappa shape index (κ2) is 6.33. The normalized spacial score (nSPS) is 26.1. The van der Waals surface area contributed by atoms with Crippen molar-refractivity contribution in [3.05, 3.63) is 0 Å². The lowest BCUT2D eigenvalue weighted by Crippen LogP contribution is -2.46. The summed E-state index contributed by atoms with van der Waals surface area (Å²) in [5.41, 5.74) is 0. The molecule has 1 amide bonds. The summed E-state index contributed by atoms with van der Waals surface area (Å²) < 4.78 is 5.30. The molecule has 17 heavy (non-hydrogen) atoms. The van der Waals surface area contributed by atoms with Crippen LogP contribution >= 0.6 is 0 Å². The summed E-state index contributed by atoms with van der Waals surface area (Å²) in [6.45, 7) is 6.38. The van der Waals surface area contributed by atoms with Gasteiger partial charge >= 0.3 is 0 Å². The highest BCUT2D eigenvalue weighted by atomic mass is 16.5. The Bertz CT molecular complexity index is 248. The highest BCUT2D eigenvalue weighted by molar-refractivity contribution is 5.81. The van der Waals surface area contributed by atoms with Gasteiger partial charge in [0, 0.05) is 33.2 Å². The topological polar surface area (TPSA) is 44.8 Å². The summed E-state index contributed by atoms with van der Waals surface area (Å²) in [4.78, 5) is 16.3. The fourth-order valence-corrected chi connectivity index (χ4v) is 2.39. The highest BCUT2D eigenvalue weighted by Gasteiger charge is 2.25. The number of likely N-dealkylation sites (N-methyl/N-ethyl adjacent to an activating group) is 1. The molecule has 0 aromatic rings. The van der Waals surface area contributed by atoms with Crippen LogP contribution in [0.25, 0.3) is 0 Å². The zero-order chi connectivity index (χ0) is 12.1. The Morgan fingerprint density at radius 3 is 2.88 bits per heavy atom. The Morgan fingerprint density at radius 2 is 2.24 bits per heavy atom. The predicted octanol–water partition coefficient (Wildman–Crippen LogP) is -0.471. The number of morpholine rings is 1. The summed E-state index contributed by atoms with van der Waals surface area (Å²) in [5.74, 6) is 0.246. The van der Waals surface area contributed by atoms with Gasteiger partial charge in [-0.05, 0) is 19.4 Å². The van der Waals surface area contributed by atoms with Crippen molar-refractivity contribution in [2.45, 2.75) is 18.9 Å². The van der Waals surface area contributed by atoms with Crippen LogP contribution in [-0.2, 0) is 9.53 Å². The predicted molar refractivity (Wildman–Crippen MR) is 65.9 cm³/mol. The van der Waals surface area contributed by atoms with Gasteiger partial charge in [0.05, 0.1) is 19.3 Å². The van der Waals surface area contributed by atoms with Gasteiger partial charge < -0.3 is 15.0 Å². The van der Waals surface area contributed by atoms with Crippen molar-refractivity contribution in [2.24, 2.45) is 0 Å². The molecule has 1 unspecified atom stereocenters. The number of amides is 1. The van der Waals surface area contributed by atoms with Crippen LogP contribution in [-0.4, -0.2) is 74.7 Å². The smallest absolute Gasteiger partial charge is 0.239 e. The first-order chi connectivity index (χ1) is 8.27. The molecule has 0 spiro atoms. The number of carbonyl (C=O) groups excluding carboxylic acids is 1. The molecule has 5 heteroatoms. The van der Waals surface area contributed by atoms with E-state index in [1.165, 1.54) is 0 Å². The minimum atomic E-state index is 0.0599. The third kappa shape index (κ3) is 3.66. The lowest BCUT2D eigenvalue weighted by molar-refractivity contribution is -0.132. The maximum Gasteiger partial charge on any atom is 0.239 e. The van der Waals surface area contributed by atoms with Crippen LogP contribution < -0.4 is 5.32 Å². The van der Waals surface area contributed by atoms with Gasteiger partial charge in [-0.2, -0.15) is 0 Å². The molecule has 1 N–H and O–H groups in total. The van der Waals surface area contributed by atoms with Crippen molar-refractivity contribution in [3.8, 4) is 0 Å². The van der Waals surface area contributed by atoms with E-state index in [1.807, 2.05) is 11.9 Å². The Morgan fingerprint density at radius 1 is 1.47 bits per heavy atom. The molecule has 0 aliphatic carbocycles. The average Bonchev–Trinajstić information content (AvgIpc) is 2.90. The van der Waals surface area contributed by atoms with Gasteiger partial charge in [0.1, 0.15) is 0 Å². The third-order valence-electron chi connectivity index (χ3n) is 3.59. The molecular formula is C12H23N3O2. The van der Waals surface area contributed by atoms with Crippen molar-refractivity contribution < 1.29 is 9.53 Å². The number of nitrogens with zero attached hydrogens (tertiary/aromatic N) is 2. The molecule has 0 radical (unpaired) electrons. The van der Waals surface area contributed by atoms with Gasteiger partial charge in [-0.15, -0.1) is 0 Å². The number of ether oxygens (including phenoxy) is 1. The van der Waals surface area contributed by atoms with Crippen LogP contribution in [0.5, 0.6) is 0 Å². The third-order valence-corrected chi connectivity index (χ3v) is 3.59. The van der Waals surface area contributed by atoms with Gasteiger partial charge in [-0.25, -0.2) is 0 Å². The zero-order valence-electron chi connectivity index (χ0n) is 10.7. The molecule has 0 saturated carbocycles. The fourth-order valence-electron chi connectivity index (χ4n) is 2.39. The van der Waals surface area contributed by atoms with Crippen molar-refractivity contribution in [2.75, 3.05) is 53.0 Å². The first-order valence-corrected chi connectivity index (χ1v) is 6.56. The molecule has 2 aliphatic heterocycles. The Kier molecular flexibility index (Phi) is 4.76. The van der Waals surface area contributed by atoms with Crippen LogP contribution in [0.2, 0.25) is 0 Å². The van der Waals surface area contributed by atoms with Crippen LogP contribution in [0.15, 0.2) is 0 Å². The van der Waals surface area contributed by atoms with Crippen LogP contribution in [0.4, 0.5) is 0 Å². The van der Waals surface area contributed by atoms with E-state index in [2.05, 4.69) is 10.2 Å². The van der Waals surface area contributed by atoms with E-state index in [0.29, 0.717) is 0 Å². The minimum absolute atomic E-state index is 0.0599. The molecule has 2 rings (SSSR count). The fraction of sp³-hybridized carbons (Fsp3) is 0.917. The maximum atomic E-state index is 12.0. The van der Waals surface area contributed by atoms with E-state index < -0.39 is 0 Å². The molecule has 0 bridgehead atoms. The number of nitrogens with one attached hydrogen (secondary N) is 1. The summed E-state index contributed by atoms with van der Waals surface area (Å²) in [7, 11) is 1.91. The second-order valence-electron chi connectivity index (χ2n) is 4.86. The van der Waals surface area contributed by atoms with Gasteiger partial charge in [-0.1, -0.05) is 0 Å². The van der Waals surface area contributed by atoms with Gasteiger partial charge in [0.25, 0.3) is 0 Å². The maximum absolute atomic E-state index is 12.0. The summed E-state index contributed by atoms with van der Waals surface area (Å²) in [6.07, 6.45) is 2.11. The van der Waals surface area contributed by atoms with Crippen molar-refractivity contribution in [1.29, 1.82) is 0 Å². The number of carbonyl (C=O) groups is 1. The lowest BCUT2D eigenvalue weighted by Gasteiger charge is -2.29. The van der Waals surface area contributed by atoms with Gasteiger partial charge in [-0.3, -0.25) is 9.69 Å². The molecule has 2 saturated heterocycles. The molecule has 0 aromatic carbocycles. The van der Waals surface area contributed by atoms with Crippen LogP contribution in [0.1, 0.15) is 12.8 Å². The molecule has 1 atom stereocenters. The second-order valence-corrected chi connectivity index (χ2v) is 4.86. The summed E-state index contributed by atoms with van der Waals surface area (Å²) in [6, 6.07) is 0.0599. The van der Waals surface area contributed by atoms with E-state index in [9.17, 15) is 4.79 Å². The lowest BCUT2D eigenvalue weighted by atomic mass is 10.2. The largest absolute Gasteiger partial charge is 0.379 e. The standard InChI is InChI=1S/C12H23N3O2/c1-14(12(16)11-3-2-4-13-11)5-6-15-7-9-17-10-8-15/h11,13H,2-10H2,1H3. The Hall–Kier alpha value is -0.650. The minimum Gasteiger partial charge on any atom is -0.379 e. The molecular weight excluding hydrogens is 218 g/mol. The molecule has 2 fully saturated rings. The molecule has 2 aliphatic rings. The highest BCUT2D eigenvalue weighted by Crippen LogP contribution is 2.07. The summed E-state index contributed by atoms with van der Waals surface area (Å²) in [5, 5.41) is 3.25. The van der Waals surface area contributed by atoms with E-state index in [-0.39, 0.29) is 11.9 Å². The Balaban J connectivity index is 1.68. The van der Waals surface area contributed by atoms with Crippen molar-refractivity contribution in [1.82, 2.24) is 15.1 Å². The molecule has 0 aromatic heterocycles. The van der Waals surface area contributed by atoms with E-state index >= 15 is 0 Å². The molecule has 2 heterocycles. The van der Waals surface area contributed by atoms with Crippen LogP contribution in [0.3, 0.4) is 0 Å². The van der Waals surface area contributed by atoms with Gasteiger partial charge in [0.2, 0.25) is 5.91 Å². The Labute approximate surface area is 103 Å². The monoisotopic (exact) mass is 241 g/mol. The summed E-state index contributed by atoms with van der Waals surface area (Å²) >= 11 is 0. The first kappa shape index (κ1) is 12.8. The number of hydrogen-bond donors (Lipinski definition) is 1. The molecule has 5 nitrogen and oxygen atoms in total. The first-order valence-electron chi connectivity index (χ1n) is 6.56. The SMILES string of the molecule is CN(CCN1CCOCC1)C(=O)C1CCCN1. The van der Waals surface area contributed by atoms with E-state index in [1.54, 1.807) is 0 Å². The van der Waals surface area contributed by atoms with E-state index in [0.717, 1.165) is 58.8 Å². The van der Waals surface area contributed by atoms with Gasteiger partial charge in [0.15, 0.2) is 0 Å². The van der Waals surface area contributed by atoms with E-state index in [4.69, 9.17) is 4.74 Å². The molecule has 98 valence electrons.